The van der Waals surface area contributed by atoms with E-state index in [0.717, 1.165) is 17.8 Å². The largest absolute Gasteiger partial charge is 0.416 e. The number of halogens is 4. The molecule has 1 atom stereocenters. The third kappa shape index (κ3) is 3.05. The van der Waals surface area contributed by atoms with Gasteiger partial charge in [-0.1, -0.05) is 17.7 Å². The second-order valence-corrected chi connectivity index (χ2v) is 6.52. The quantitative estimate of drug-likeness (QED) is 0.773. The standard InChI is InChI=1S/C18H14ClF3N2O/c1-9-12(8-23)16(17-14(24-9)3-2-4-15(17)25)11-6-5-10(7-13(11)19)18(20,21)22/h5-7,16,24H,2-4H2,1H3. The van der Waals surface area contributed by atoms with Crippen molar-refractivity contribution in [2.75, 3.05) is 0 Å². The monoisotopic (exact) mass is 366 g/mol. The molecule has 2 aliphatic rings. The Morgan fingerprint density at radius 2 is 2.04 bits per heavy atom. The summed E-state index contributed by atoms with van der Waals surface area (Å²) in [5, 5.41) is 12.5. The number of nitrogens with zero attached hydrogens (tertiary/aromatic N) is 1. The number of carbonyl (C=O) groups excluding carboxylic acids is 1. The summed E-state index contributed by atoms with van der Waals surface area (Å²) in [6.45, 7) is 1.71. The van der Waals surface area contributed by atoms with Gasteiger partial charge in [0.25, 0.3) is 0 Å². The summed E-state index contributed by atoms with van der Waals surface area (Å²) in [5.74, 6) is -0.834. The van der Waals surface area contributed by atoms with Crippen molar-refractivity contribution in [2.45, 2.75) is 38.3 Å². The van der Waals surface area contributed by atoms with Gasteiger partial charge in [0.2, 0.25) is 0 Å². The molecular formula is C18H14ClF3N2O. The first-order chi connectivity index (χ1) is 11.7. The first-order valence-electron chi connectivity index (χ1n) is 7.74. The minimum Gasteiger partial charge on any atom is -0.361 e. The third-order valence-corrected chi connectivity index (χ3v) is 4.86. The molecule has 130 valence electrons. The molecule has 1 aromatic carbocycles. The van der Waals surface area contributed by atoms with Gasteiger partial charge >= 0.3 is 6.18 Å². The zero-order chi connectivity index (χ0) is 18.4. The number of nitriles is 1. The van der Waals surface area contributed by atoms with E-state index in [2.05, 4.69) is 11.4 Å². The lowest BCUT2D eigenvalue weighted by atomic mass is 9.75. The Hall–Kier alpha value is -2.26. The highest BCUT2D eigenvalue weighted by Crippen LogP contribution is 2.44. The molecule has 3 nitrogen and oxygen atoms in total. The topological polar surface area (TPSA) is 52.9 Å². The Kier molecular flexibility index (Phi) is 4.38. The fourth-order valence-electron chi connectivity index (χ4n) is 3.38. The van der Waals surface area contributed by atoms with Crippen molar-refractivity contribution in [2.24, 2.45) is 0 Å². The fraction of sp³-hybridized carbons (Fsp3) is 0.333. The van der Waals surface area contributed by atoms with Gasteiger partial charge in [0.05, 0.1) is 23.1 Å². The highest BCUT2D eigenvalue weighted by atomic mass is 35.5. The van der Waals surface area contributed by atoms with Crippen LogP contribution in [0.15, 0.2) is 40.7 Å². The van der Waals surface area contributed by atoms with Crippen LogP contribution >= 0.6 is 11.6 Å². The van der Waals surface area contributed by atoms with E-state index < -0.39 is 17.7 Å². The predicted molar refractivity (Wildman–Crippen MR) is 86.5 cm³/mol. The number of nitrogens with one attached hydrogen (secondary N) is 1. The molecule has 0 aromatic heterocycles. The second-order valence-electron chi connectivity index (χ2n) is 6.11. The zero-order valence-electron chi connectivity index (χ0n) is 13.3. The van der Waals surface area contributed by atoms with E-state index in [-0.39, 0.29) is 10.8 Å². The van der Waals surface area contributed by atoms with Crippen molar-refractivity contribution in [1.82, 2.24) is 5.32 Å². The van der Waals surface area contributed by atoms with Gasteiger partial charge in [-0.2, -0.15) is 18.4 Å². The Morgan fingerprint density at radius 3 is 2.64 bits per heavy atom. The van der Waals surface area contributed by atoms with E-state index >= 15 is 0 Å². The molecule has 1 aromatic rings. The summed E-state index contributed by atoms with van der Waals surface area (Å²) in [6, 6.07) is 5.12. The molecule has 1 unspecified atom stereocenters. The van der Waals surface area contributed by atoms with Crippen LogP contribution in [0.5, 0.6) is 0 Å². The fourth-order valence-corrected chi connectivity index (χ4v) is 3.67. The van der Waals surface area contributed by atoms with E-state index in [1.54, 1.807) is 6.92 Å². The Balaban J connectivity index is 2.18. The van der Waals surface area contributed by atoms with Crippen LogP contribution in [0.1, 0.15) is 43.2 Å². The molecule has 0 saturated heterocycles. The summed E-state index contributed by atoms with van der Waals surface area (Å²) >= 11 is 6.13. The number of Topliss-reactive ketones (excluding diaryl/α,β-unsaturated/α-hetero) is 1. The van der Waals surface area contributed by atoms with Gasteiger partial charge in [0, 0.05) is 28.4 Å². The lowest BCUT2D eigenvalue weighted by Crippen LogP contribution is -2.31. The summed E-state index contributed by atoms with van der Waals surface area (Å²) in [6.07, 6.45) is -2.79. The molecule has 0 bridgehead atoms. The van der Waals surface area contributed by atoms with E-state index in [0.29, 0.717) is 41.7 Å². The summed E-state index contributed by atoms with van der Waals surface area (Å²) in [4.78, 5) is 12.5. The van der Waals surface area contributed by atoms with Crippen molar-refractivity contribution < 1.29 is 18.0 Å². The zero-order valence-corrected chi connectivity index (χ0v) is 14.1. The van der Waals surface area contributed by atoms with Crippen LogP contribution in [0.4, 0.5) is 13.2 Å². The highest BCUT2D eigenvalue weighted by molar-refractivity contribution is 6.31. The van der Waals surface area contributed by atoms with Crippen LogP contribution in [0.25, 0.3) is 0 Å². The normalized spacial score (nSPS) is 21.0. The molecule has 25 heavy (non-hydrogen) atoms. The average molecular weight is 367 g/mol. The smallest absolute Gasteiger partial charge is 0.361 e. The Bertz CT molecular complexity index is 862. The molecular weight excluding hydrogens is 353 g/mol. The van der Waals surface area contributed by atoms with Gasteiger partial charge in [0.15, 0.2) is 5.78 Å². The maximum Gasteiger partial charge on any atom is 0.416 e. The molecule has 0 fully saturated rings. The number of alkyl halides is 3. The molecule has 1 aliphatic carbocycles. The first-order valence-corrected chi connectivity index (χ1v) is 8.12. The van der Waals surface area contributed by atoms with Crippen molar-refractivity contribution in [3.05, 3.63) is 56.9 Å². The summed E-state index contributed by atoms with van der Waals surface area (Å²) < 4.78 is 38.7. The van der Waals surface area contributed by atoms with Gasteiger partial charge in [-0.3, -0.25) is 4.79 Å². The van der Waals surface area contributed by atoms with Gasteiger partial charge in [-0.15, -0.1) is 0 Å². The van der Waals surface area contributed by atoms with Gasteiger partial charge < -0.3 is 5.32 Å². The SMILES string of the molecule is CC1=C(C#N)C(c2ccc(C(F)(F)F)cc2Cl)C2=C(CCCC2=O)N1. The van der Waals surface area contributed by atoms with Gasteiger partial charge in [-0.05, 0) is 37.5 Å². The second kappa shape index (κ2) is 6.23. The number of rotatable bonds is 1. The lowest BCUT2D eigenvalue weighted by Gasteiger charge is -2.33. The molecule has 0 saturated carbocycles. The van der Waals surface area contributed by atoms with Crippen molar-refractivity contribution in [3.63, 3.8) is 0 Å². The highest BCUT2D eigenvalue weighted by Gasteiger charge is 2.38. The van der Waals surface area contributed by atoms with Crippen molar-refractivity contribution in [3.8, 4) is 6.07 Å². The molecule has 7 heteroatoms. The van der Waals surface area contributed by atoms with Crippen LogP contribution in [0, 0.1) is 11.3 Å². The average Bonchev–Trinajstić information content (AvgIpc) is 2.53. The van der Waals surface area contributed by atoms with E-state index in [9.17, 15) is 23.2 Å². The van der Waals surface area contributed by atoms with Gasteiger partial charge in [0.1, 0.15) is 0 Å². The minimum atomic E-state index is -4.51. The van der Waals surface area contributed by atoms with Crippen LogP contribution < -0.4 is 5.32 Å². The lowest BCUT2D eigenvalue weighted by molar-refractivity contribution is -0.137. The summed E-state index contributed by atoms with van der Waals surface area (Å²) in [5.41, 5.74) is 1.55. The number of hydrogen-bond donors (Lipinski definition) is 1. The minimum absolute atomic E-state index is 0.102. The molecule has 1 N–H and O–H groups in total. The predicted octanol–water partition coefficient (Wildman–Crippen LogP) is 4.85. The van der Waals surface area contributed by atoms with Crippen LogP contribution in [0.2, 0.25) is 5.02 Å². The molecule has 1 aliphatic heterocycles. The van der Waals surface area contributed by atoms with E-state index in [1.807, 2.05) is 0 Å². The first kappa shape index (κ1) is 17.6. The van der Waals surface area contributed by atoms with Crippen molar-refractivity contribution >= 4 is 17.4 Å². The molecule has 1 heterocycles. The Labute approximate surface area is 147 Å². The summed E-state index contributed by atoms with van der Waals surface area (Å²) in [7, 11) is 0. The van der Waals surface area contributed by atoms with Crippen LogP contribution in [-0.4, -0.2) is 5.78 Å². The van der Waals surface area contributed by atoms with Crippen molar-refractivity contribution in [1.29, 1.82) is 5.26 Å². The maximum atomic E-state index is 12.9. The van der Waals surface area contributed by atoms with E-state index in [4.69, 9.17) is 11.6 Å². The molecule has 0 amide bonds. The van der Waals surface area contributed by atoms with Crippen LogP contribution in [-0.2, 0) is 11.0 Å². The third-order valence-electron chi connectivity index (χ3n) is 4.54. The van der Waals surface area contributed by atoms with Crippen LogP contribution in [0.3, 0.4) is 0 Å². The maximum absolute atomic E-state index is 12.9. The molecule has 3 rings (SSSR count). The number of allylic oxidation sites excluding steroid dienone is 4. The molecule has 0 spiro atoms. The number of hydrogen-bond acceptors (Lipinski definition) is 3. The number of benzene rings is 1. The van der Waals surface area contributed by atoms with Gasteiger partial charge in [-0.25, -0.2) is 0 Å². The number of dihydropyridines is 1. The Morgan fingerprint density at radius 1 is 1.32 bits per heavy atom. The molecule has 0 radical (unpaired) electrons. The number of carbonyl (C=O) groups is 1. The van der Waals surface area contributed by atoms with E-state index in [1.165, 1.54) is 6.07 Å². The number of ketones is 1.